The molecule has 0 spiro atoms. The number of rotatable bonds is 2. The fourth-order valence-corrected chi connectivity index (χ4v) is 4.13. The molecule has 0 aromatic rings. The highest BCUT2D eigenvalue weighted by atomic mass is 14.5. The Morgan fingerprint density at radius 3 is 2.40 bits per heavy atom. The van der Waals surface area contributed by atoms with E-state index in [1.165, 1.54) is 57.8 Å². The standard InChI is InChI=1S/C15H28/c1-4-8-14(2)9-5-6-10-15(3)11-7-13(15)12-14/h13H,4-12H2,1-3H3. The van der Waals surface area contributed by atoms with Gasteiger partial charge in [-0.05, 0) is 55.3 Å². The van der Waals surface area contributed by atoms with Crippen molar-refractivity contribution in [2.24, 2.45) is 16.7 Å². The quantitative estimate of drug-likeness (QED) is 0.587. The molecule has 0 N–H and O–H groups in total. The van der Waals surface area contributed by atoms with Crippen molar-refractivity contribution in [3.8, 4) is 0 Å². The third-order valence-corrected chi connectivity index (χ3v) is 5.42. The van der Waals surface area contributed by atoms with Crippen molar-refractivity contribution >= 4 is 0 Å². The van der Waals surface area contributed by atoms with Gasteiger partial charge < -0.3 is 0 Å². The van der Waals surface area contributed by atoms with Crippen molar-refractivity contribution < 1.29 is 0 Å². The summed E-state index contributed by atoms with van der Waals surface area (Å²) >= 11 is 0. The summed E-state index contributed by atoms with van der Waals surface area (Å²) < 4.78 is 0. The van der Waals surface area contributed by atoms with Gasteiger partial charge in [-0.2, -0.15) is 0 Å². The Labute approximate surface area is 95.8 Å². The molecule has 2 saturated carbocycles. The highest BCUT2D eigenvalue weighted by Gasteiger charge is 2.45. The van der Waals surface area contributed by atoms with Gasteiger partial charge in [0, 0.05) is 0 Å². The molecule has 88 valence electrons. The van der Waals surface area contributed by atoms with E-state index >= 15 is 0 Å². The van der Waals surface area contributed by atoms with E-state index in [1.54, 1.807) is 0 Å². The van der Waals surface area contributed by atoms with Gasteiger partial charge in [-0.1, -0.05) is 40.0 Å². The van der Waals surface area contributed by atoms with Crippen LogP contribution in [0, 0.1) is 16.7 Å². The largest absolute Gasteiger partial charge is 0.0654 e. The van der Waals surface area contributed by atoms with Crippen molar-refractivity contribution in [1.29, 1.82) is 0 Å². The first kappa shape index (κ1) is 11.5. The molecule has 15 heavy (non-hydrogen) atoms. The Kier molecular flexibility index (Phi) is 3.14. The number of fused-ring (bicyclic) bond motifs is 1. The van der Waals surface area contributed by atoms with E-state index in [2.05, 4.69) is 20.8 Å². The summed E-state index contributed by atoms with van der Waals surface area (Å²) in [5.74, 6) is 1.06. The third kappa shape index (κ3) is 2.24. The van der Waals surface area contributed by atoms with Crippen LogP contribution in [-0.4, -0.2) is 0 Å². The molecule has 0 aliphatic heterocycles. The van der Waals surface area contributed by atoms with Crippen LogP contribution in [0.2, 0.25) is 0 Å². The summed E-state index contributed by atoms with van der Waals surface area (Å²) in [5.41, 5.74) is 1.43. The molecular weight excluding hydrogens is 180 g/mol. The molecule has 2 aliphatic rings. The maximum atomic E-state index is 2.56. The minimum Gasteiger partial charge on any atom is -0.0654 e. The van der Waals surface area contributed by atoms with Crippen LogP contribution in [-0.2, 0) is 0 Å². The zero-order valence-corrected chi connectivity index (χ0v) is 10.9. The van der Waals surface area contributed by atoms with Gasteiger partial charge in [0.05, 0.1) is 0 Å². The first-order valence-electron chi connectivity index (χ1n) is 7.08. The van der Waals surface area contributed by atoms with Crippen LogP contribution in [0.3, 0.4) is 0 Å². The zero-order chi connectivity index (χ0) is 10.9. The third-order valence-electron chi connectivity index (χ3n) is 5.42. The van der Waals surface area contributed by atoms with E-state index in [0.717, 1.165) is 11.3 Å². The molecule has 3 atom stereocenters. The lowest BCUT2D eigenvalue weighted by Gasteiger charge is -2.52. The van der Waals surface area contributed by atoms with Crippen molar-refractivity contribution in [1.82, 2.24) is 0 Å². The first-order chi connectivity index (χ1) is 7.08. The maximum Gasteiger partial charge on any atom is -0.0297 e. The normalized spacial score (nSPS) is 46.2. The molecular formula is C15H28. The SMILES string of the molecule is CCCC1(C)CCCCC2(C)CCC2C1. The minimum atomic E-state index is 0.682. The van der Waals surface area contributed by atoms with Crippen molar-refractivity contribution in [3.63, 3.8) is 0 Å². The highest BCUT2D eigenvalue weighted by molar-refractivity contribution is 4.96. The van der Waals surface area contributed by atoms with Gasteiger partial charge in [0.1, 0.15) is 0 Å². The molecule has 0 radical (unpaired) electrons. The van der Waals surface area contributed by atoms with Gasteiger partial charge >= 0.3 is 0 Å². The van der Waals surface area contributed by atoms with E-state index in [9.17, 15) is 0 Å². The summed E-state index contributed by atoms with van der Waals surface area (Å²) in [5, 5.41) is 0. The van der Waals surface area contributed by atoms with Gasteiger partial charge in [0.15, 0.2) is 0 Å². The smallest absolute Gasteiger partial charge is 0.0297 e. The van der Waals surface area contributed by atoms with Gasteiger partial charge in [-0.3, -0.25) is 0 Å². The van der Waals surface area contributed by atoms with Gasteiger partial charge in [-0.15, -0.1) is 0 Å². The molecule has 0 nitrogen and oxygen atoms in total. The lowest BCUT2D eigenvalue weighted by molar-refractivity contribution is -0.0164. The van der Waals surface area contributed by atoms with E-state index < -0.39 is 0 Å². The van der Waals surface area contributed by atoms with Gasteiger partial charge in [-0.25, -0.2) is 0 Å². The van der Waals surface area contributed by atoms with Crippen LogP contribution >= 0.6 is 0 Å². The van der Waals surface area contributed by atoms with E-state index in [-0.39, 0.29) is 0 Å². The molecule has 3 unspecified atom stereocenters. The van der Waals surface area contributed by atoms with Crippen LogP contribution in [0.1, 0.15) is 78.6 Å². The summed E-state index contributed by atoms with van der Waals surface area (Å²) in [4.78, 5) is 0. The predicted octanol–water partition coefficient (Wildman–Crippen LogP) is 5.17. The average Bonchev–Trinajstić information content (AvgIpc) is 2.19. The minimum absolute atomic E-state index is 0.682. The molecule has 0 bridgehead atoms. The molecule has 2 fully saturated rings. The second-order valence-electron chi connectivity index (χ2n) is 6.86. The molecule has 2 aliphatic carbocycles. The van der Waals surface area contributed by atoms with E-state index in [4.69, 9.17) is 0 Å². The molecule has 0 heteroatoms. The Morgan fingerprint density at radius 2 is 1.80 bits per heavy atom. The molecule has 0 aromatic heterocycles. The van der Waals surface area contributed by atoms with Crippen LogP contribution in [0.25, 0.3) is 0 Å². The highest BCUT2D eigenvalue weighted by Crippen LogP contribution is 2.57. The summed E-state index contributed by atoms with van der Waals surface area (Å²) in [6.45, 7) is 7.46. The van der Waals surface area contributed by atoms with Crippen LogP contribution in [0.4, 0.5) is 0 Å². The lowest BCUT2D eigenvalue weighted by atomic mass is 9.53. The number of hydrogen-bond donors (Lipinski definition) is 0. The van der Waals surface area contributed by atoms with Crippen molar-refractivity contribution in [2.75, 3.05) is 0 Å². The van der Waals surface area contributed by atoms with Crippen molar-refractivity contribution in [2.45, 2.75) is 78.6 Å². The average molecular weight is 208 g/mol. The summed E-state index contributed by atoms with van der Waals surface area (Å²) in [6, 6.07) is 0. The van der Waals surface area contributed by atoms with Crippen LogP contribution in [0.15, 0.2) is 0 Å². The van der Waals surface area contributed by atoms with E-state index in [0.29, 0.717) is 5.41 Å². The zero-order valence-electron chi connectivity index (χ0n) is 10.9. The topological polar surface area (TPSA) is 0 Å². The molecule has 0 saturated heterocycles. The summed E-state index contributed by atoms with van der Waals surface area (Å²) in [6.07, 6.45) is 13.4. The Morgan fingerprint density at radius 1 is 1.07 bits per heavy atom. The monoisotopic (exact) mass is 208 g/mol. The van der Waals surface area contributed by atoms with Crippen molar-refractivity contribution in [3.05, 3.63) is 0 Å². The maximum absolute atomic E-state index is 2.56. The second-order valence-corrected chi connectivity index (χ2v) is 6.86. The Hall–Kier alpha value is 0. The van der Waals surface area contributed by atoms with Crippen LogP contribution in [0.5, 0.6) is 0 Å². The molecule has 0 amide bonds. The van der Waals surface area contributed by atoms with E-state index in [1.807, 2.05) is 0 Å². The fraction of sp³-hybridized carbons (Fsp3) is 1.00. The molecule has 0 aromatic carbocycles. The lowest BCUT2D eigenvalue weighted by Crippen LogP contribution is -2.41. The first-order valence-corrected chi connectivity index (χ1v) is 7.08. The second kappa shape index (κ2) is 4.11. The molecule has 0 heterocycles. The fourth-order valence-electron chi connectivity index (χ4n) is 4.13. The Bertz CT molecular complexity index is 220. The molecule has 2 rings (SSSR count). The van der Waals surface area contributed by atoms with Crippen LogP contribution < -0.4 is 0 Å². The van der Waals surface area contributed by atoms with Gasteiger partial charge in [0.2, 0.25) is 0 Å². The summed E-state index contributed by atoms with van der Waals surface area (Å²) in [7, 11) is 0. The van der Waals surface area contributed by atoms with Gasteiger partial charge in [0.25, 0.3) is 0 Å². The number of hydrogen-bond acceptors (Lipinski definition) is 0. The Balaban J connectivity index is 2.03. The predicted molar refractivity (Wildman–Crippen MR) is 66.9 cm³/mol.